The molecule has 1 aromatic rings. The Morgan fingerprint density at radius 2 is 2.16 bits per heavy atom. The summed E-state index contributed by atoms with van der Waals surface area (Å²) in [6.07, 6.45) is 7.26. The topological polar surface area (TPSA) is 42.3 Å². The number of methoxy groups -OCH3 is 1. The van der Waals surface area contributed by atoms with E-state index in [4.69, 9.17) is 4.74 Å². The molecule has 1 fully saturated rings. The van der Waals surface area contributed by atoms with Gasteiger partial charge in [0.1, 0.15) is 0 Å². The molecule has 19 heavy (non-hydrogen) atoms. The number of anilines is 1. The van der Waals surface area contributed by atoms with Gasteiger partial charge in [-0.1, -0.05) is 12.8 Å². The van der Waals surface area contributed by atoms with Gasteiger partial charge in [0.05, 0.1) is 18.0 Å². The normalized spacial score (nSPS) is 23.6. The summed E-state index contributed by atoms with van der Waals surface area (Å²) < 4.78 is 7.71. The quantitative estimate of drug-likeness (QED) is 0.878. The van der Waals surface area contributed by atoms with Gasteiger partial charge in [0.2, 0.25) is 5.95 Å². The van der Waals surface area contributed by atoms with Gasteiger partial charge in [0.15, 0.2) is 0 Å². The van der Waals surface area contributed by atoms with Crippen LogP contribution in [-0.4, -0.2) is 42.9 Å². The van der Waals surface area contributed by atoms with Gasteiger partial charge in [-0.15, -0.1) is 0 Å². The molecular formula is C14H26N4O. The van der Waals surface area contributed by atoms with Crippen molar-refractivity contribution in [1.82, 2.24) is 14.9 Å². The van der Waals surface area contributed by atoms with Crippen LogP contribution in [0.4, 0.5) is 5.95 Å². The van der Waals surface area contributed by atoms with Crippen molar-refractivity contribution in [3.8, 4) is 0 Å². The molecule has 108 valence electrons. The van der Waals surface area contributed by atoms with Crippen LogP contribution >= 0.6 is 0 Å². The van der Waals surface area contributed by atoms with Crippen LogP contribution in [0.1, 0.15) is 31.4 Å². The van der Waals surface area contributed by atoms with Crippen molar-refractivity contribution < 1.29 is 4.74 Å². The molecule has 1 saturated carbocycles. The predicted octanol–water partition coefficient (Wildman–Crippen LogP) is 1.53. The van der Waals surface area contributed by atoms with E-state index in [1.165, 1.54) is 31.4 Å². The molecule has 0 unspecified atom stereocenters. The van der Waals surface area contributed by atoms with Crippen molar-refractivity contribution in [1.29, 1.82) is 0 Å². The molecule has 2 atom stereocenters. The molecule has 1 N–H and O–H groups in total. The molecule has 0 radical (unpaired) electrons. The molecule has 0 bridgehead atoms. The Labute approximate surface area is 116 Å². The predicted molar refractivity (Wildman–Crippen MR) is 77.4 cm³/mol. The highest BCUT2D eigenvalue weighted by Crippen LogP contribution is 2.21. The van der Waals surface area contributed by atoms with Gasteiger partial charge in [-0.2, -0.15) is 0 Å². The Bertz CT molecular complexity index is 402. The Morgan fingerprint density at radius 1 is 1.42 bits per heavy atom. The van der Waals surface area contributed by atoms with E-state index in [0.717, 1.165) is 12.5 Å². The second-order valence-corrected chi connectivity index (χ2v) is 5.55. The minimum absolute atomic E-state index is 0.357. The van der Waals surface area contributed by atoms with E-state index >= 15 is 0 Å². The van der Waals surface area contributed by atoms with Gasteiger partial charge >= 0.3 is 0 Å². The minimum atomic E-state index is 0.357. The number of aromatic nitrogens is 2. The third-order valence-corrected chi connectivity index (χ3v) is 4.01. The van der Waals surface area contributed by atoms with Gasteiger partial charge in [-0.25, -0.2) is 4.98 Å². The third-order valence-electron chi connectivity index (χ3n) is 4.01. The van der Waals surface area contributed by atoms with Gasteiger partial charge in [0, 0.05) is 40.8 Å². The first-order valence-electron chi connectivity index (χ1n) is 7.07. The maximum atomic E-state index is 5.57. The van der Waals surface area contributed by atoms with Crippen molar-refractivity contribution in [2.45, 2.75) is 44.4 Å². The molecule has 5 nitrogen and oxygen atoms in total. The van der Waals surface area contributed by atoms with Crippen molar-refractivity contribution in [3.05, 3.63) is 11.9 Å². The number of nitrogens with zero attached hydrogens (tertiary/aromatic N) is 3. The number of imidazole rings is 1. The zero-order chi connectivity index (χ0) is 13.8. The van der Waals surface area contributed by atoms with E-state index in [1.807, 2.05) is 32.3 Å². The summed E-state index contributed by atoms with van der Waals surface area (Å²) in [5.41, 5.74) is 1.21. The fraction of sp³-hybridized carbons (Fsp3) is 0.786. The smallest absolute Gasteiger partial charge is 0.204 e. The van der Waals surface area contributed by atoms with Gasteiger partial charge in [-0.3, -0.25) is 0 Å². The summed E-state index contributed by atoms with van der Waals surface area (Å²) in [6.45, 7) is 0.849. The first kappa shape index (κ1) is 14.3. The molecule has 0 aliphatic heterocycles. The van der Waals surface area contributed by atoms with E-state index in [1.54, 1.807) is 0 Å². The molecule has 0 aromatic carbocycles. The highest BCUT2D eigenvalue weighted by molar-refractivity contribution is 5.30. The number of rotatable bonds is 5. The van der Waals surface area contributed by atoms with Gasteiger partial charge in [-0.05, 0) is 12.8 Å². The number of nitrogens with one attached hydrogen (secondary N) is 1. The Kier molecular flexibility index (Phi) is 4.82. The molecule has 1 aliphatic rings. The summed E-state index contributed by atoms with van der Waals surface area (Å²) in [6, 6.07) is 0.469. The van der Waals surface area contributed by atoms with Crippen LogP contribution in [-0.2, 0) is 18.3 Å². The highest BCUT2D eigenvalue weighted by Gasteiger charge is 2.24. The highest BCUT2D eigenvalue weighted by atomic mass is 16.5. The monoisotopic (exact) mass is 266 g/mol. The van der Waals surface area contributed by atoms with Crippen molar-refractivity contribution in [3.63, 3.8) is 0 Å². The Balaban J connectivity index is 1.94. The summed E-state index contributed by atoms with van der Waals surface area (Å²) >= 11 is 0. The van der Waals surface area contributed by atoms with Crippen molar-refractivity contribution in [2.24, 2.45) is 7.05 Å². The second kappa shape index (κ2) is 6.39. The minimum Gasteiger partial charge on any atom is -0.380 e. The molecule has 1 aliphatic carbocycles. The standard InChI is InChI=1S/C14H26N4O/c1-17(2)14-16-10-11(18(14)3)9-15-12-7-5-6-8-13(12)19-4/h10,12-13,15H,5-9H2,1-4H3/t12-,13-/m0/s1. The number of hydrogen-bond acceptors (Lipinski definition) is 4. The zero-order valence-electron chi connectivity index (χ0n) is 12.5. The molecule has 1 aromatic heterocycles. The Morgan fingerprint density at radius 3 is 2.79 bits per heavy atom. The summed E-state index contributed by atoms with van der Waals surface area (Å²) in [7, 11) is 7.91. The van der Waals surface area contributed by atoms with E-state index in [9.17, 15) is 0 Å². The zero-order valence-corrected chi connectivity index (χ0v) is 12.5. The SMILES string of the molecule is CO[C@H]1CCCC[C@@H]1NCc1cnc(N(C)C)n1C. The molecule has 5 heteroatoms. The molecule has 0 spiro atoms. The summed E-state index contributed by atoms with van der Waals surface area (Å²) in [5.74, 6) is 0.990. The molecule has 2 rings (SSSR count). The van der Waals surface area contributed by atoms with E-state index in [-0.39, 0.29) is 0 Å². The lowest BCUT2D eigenvalue weighted by Gasteiger charge is -2.31. The van der Waals surface area contributed by atoms with E-state index in [0.29, 0.717) is 12.1 Å². The molecule has 1 heterocycles. The average molecular weight is 266 g/mol. The lowest BCUT2D eigenvalue weighted by molar-refractivity contribution is 0.0411. The summed E-state index contributed by atoms with van der Waals surface area (Å²) in [4.78, 5) is 6.47. The maximum Gasteiger partial charge on any atom is 0.204 e. The average Bonchev–Trinajstić information content (AvgIpc) is 2.78. The van der Waals surface area contributed by atoms with Crippen LogP contribution < -0.4 is 10.2 Å². The fourth-order valence-corrected chi connectivity index (χ4v) is 2.86. The lowest BCUT2D eigenvalue weighted by atomic mass is 9.92. The van der Waals surface area contributed by atoms with Gasteiger partial charge < -0.3 is 19.5 Å². The van der Waals surface area contributed by atoms with Crippen molar-refractivity contribution in [2.75, 3.05) is 26.1 Å². The van der Waals surface area contributed by atoms with Crippen LogP contribution in [0.15, 0.2) is 6.20 Å². The van der Waals surface area contributed by atoms with Crippen molar-refractivity contribution >= 4 is 5.95 Å². The molecule has 0 saturated heterocycles. The van der Waals surface area contributed by atoms with E-state index in [2.05, 4.69) is 21.9 Å². The number of ether oxygens (including phenoxy) is 1. The van der Waals surface area contributed by atoms with Crippen LogP contribution in [0, 0.1) is 0 Å². The fourth-order valence-electron chi connectivity index (χ4n) is 2.86. The first-order chi connectivity index (χ1) is 9.13. The largest absolute Gasteiger partial charge is 0.380 e. The second-order valence-electron chi connectivity index (χ2n) is 5.55. The Hall–Kier alpha value is -1.07. The lowest BCUT2D eigenvalue weighted by Crippen LogP contribution is -2.42. The maximum absolute atomic E-state index is 5.57. The first-order valence-corrected chi connectivity index (χ1v) is 7.07. The van der Waals surface area contributed by atoms with Crippen LogP contribution in [0.25, 0.3) is 0 Å². The van der Waals surface area contributed by atoms with E-state index < -0.39 is 0 Å². The molecular weight excluding hydrogens is 240 g/mol. The van der Waals surface area contributed by atoms with Crippen LogP contribution in [0.3, 0.4) is 0 Å². The third kappa shape index (κ3) is 3.28. The molecule has 0 amide bonds. The number of hydrogen-bond donors (Lipinski definition) is 1. The summed E-state index contributed by atoms with van der Waals surface area (Å²) in [5, 5.41) is 3.63. The van der Waals surface area contributed by atoms with Crippen LogP contribution in [0.5, 0.6) is 0 Å². The van der Waals surface area contributed by atoms with Crippen LogP contribution in [0.2, 0.25) is 0 Å². The van der Waals surface area contributed by atoms with Gasteiger partial charge in [0.25, 0.3) is 0 Å².